The number of hydrogen-bond donors (Lipinski definition) is 2. The summed E-state index contributed by atoms with van der Waals surface area (Å²) in [5, 5.41) is 6.84. The molecule has 130 valence electrons. The van der Waals surface area contributed by atoms with Gasteiger partial charge in [-0.2, -0.15) is 0 Å². The average Bonchev–Trinajstić information content (AvgIpc) is 3.20. The number of anilines is 2. The van der Waals surface area contributed by atoms with Crippen molar-refractivity contribution < 1.29 is 13.6 Å². The van der Waals surface area contributed by atoms with E-state index in [9.17, 15) is 13.6 Å². The van der Waals surface area contributed by atoms with E-state index in [1.807, 2.05) is 28.2 Å². The molecule has 0 aliphatic carbocycles. The Morgan fingerprint density at radius 3 is 2.85 bits per heavy atom. The summed E-state index contributed by atoms with van der Waals surface area (Å²) in [7, 11) is 0. The van der Waals surface area contributed by atoms with Gasteiger partial charge in [0.15, 0.2) is 4.96 Å². The summed E-state index contributed by atoms with van der Waals surface area (Å²) in [4.78, 5) is 17.5. The molecule has 0 fully saturated rings. The minimum Gasteiger partial charge on any atom is -0.308 e. The number of fused-ring (bicyclic) bond motifs is 1. The van der Waals surface area contributed by atoms with E-state index in [4.69, 9.17) is 0 Å². The number of halogens is 2. The zero-order valence-electron chi connectivity index (χ0n) is 13.2. The highest BCUT2D eigenvalue weighted by molar-refractivity contribution is 7.15. The third-order valence-corrected chi connectivity index (χ3v) is 4.46. The van der Waals surface area contributed by atoms with Crippen LogP contribution in [0.25, 0.3) is 16.2 Å². The zero-order chi connectivity index (χ0) is 18.1. The van der Waals surface area contributed by atoms with Crippen LogP contribution < -0.4 is 10.6 Å². The summed E-state index contributed by atoms with van der Waals surface area (Å²) in [5.41, 5.74) is 1.88. The molecule has 0 radical (unpaired) electrons. The van der Waals surface area contributed by atoms with Crippen LogP contribution in [0.4, 0.5) is 25.0 Å². The molecule has 2 amide bonds. The monoisotopic (exact) mass is 370 g/mol. The van der Waals surface area contributed by atoms with Gasteiger partial charge < -0.3 is 10.6 Å². The Balaban J connectivity index is 1.52. The van der Waals surface area contributed by atoms with Crippen molar-refractivity contribution in [2.45, 2.75) is 0 Å². The van der Waals surface area contributed by atoms with Crippen LogP contribution in [0.1, 0.15) is 0 Å². The van der Waals surface area contributed by atoms with Crippen LogP contribution in [0.3, 0.4) is 0 Å². The van der Waals surface area contributed by atoms with Gasteiger partial charge in [-0.05, 0) is 24.3 Å². The van der Waals surface area contributed by atoms with Gasteiger partial charge in [-0.25, -0.2) is 18.6 Å². The van der Waals surface area contributed by atoms with Crippen molar-refractivity contribution in [2.75, 3.05) is 10.6 Å². The first kappa shape index (κ1) is 16.2. The second-order valence-electron chi connectivity index (χ2n) is 5.50. The maximum absolute atomic E-state index is 13.6. The predicted octanol–water partition coefficient (Wildman–Crippen LogP) is 4.99. The van der Waals surface area contributed by atoms with Crippen molar-refractivity contribution in [3.63, 3.8) is 0 Å². The van der Waals surface area contributed by atoms with Gasteiger partial charge in [0.2, 0.25) is 0 Å². The summed E-state index contributed by atoms with van der Waals surface area (Å²) >= 11 is 1.53. The fourth-order valence-electron chi connectivity index (χ4n) is 2.50. The number of nitrogens with zero attached hydrogens (tertiary/aromatic N) is 2. The van der Waals surface area contributed by atoms with Crippen molar-refractivity contribution >= 4 is 33.7 Å². The molecule has 2 N–H and O–H groups in total. The van der Waals surface area contributed by atoms with Crippen molar-refractivity contribution in [3.8, 4) is 11.3 Å². The molecule has 4 rings (SSSR count). The highest BCUT2D eigenvalue weighted by Crippen LogP contribution is 2.24. The summed E-state index contributed by atoms with van der Waals surface area (Å²) in [6.45, 7) is 0. The van der Waals surface area contributed by atoms with Gasteiger partial charge in [0.25, 0.3) is 0 Å². The van der Waals surface area contributed by atoms with Crippen LogP contribution >= 0.6 is 11.3 Å². The molecule has 0 unspecified atom stereocenters. The Morgan fingerprint density at radius 1 is 1.12 bits per heavy atom. The quantitative estimate of drug-likeness (QED) is 0.534. The minimum atomic E-state index is -0.714. The Morgan fingerprint density at radius 2 is 2.00 bits per heavy atom. The molecule has 2 aromatic carbocycles. The highest BCUT2D eigenvalue weighted by atomic mass is 32.1. The number of amides is 2. The maximum atomic E-state index is 13.6. The molecule has 2 aromatic heterocycles. The normalized spacial score (nSPS) is 10.8. The highest BCUT2D eigenvalue weighted by Gasteiger charge is 2.10. The van der Waals surface area contributed by atoms with Gasteiger partial charge in [-0.15, -0.1) is 11.3 Å². The first-order valence-corrected chi connectivity index (χ1v) is 8.52. The van der Waals surface area contributed by atoms with Crippen molar-refractivity contribution in [1.82, 2.24) is 9.38 Å². The molecule has 0 aliphatic heterocycles. The minimum absolute atomic E-state index is 0.229. The van der Waals surface area contributed by atoms with Gasteiger partial charge in [0, 0.05) is 35.1 Å². The van der Waals surface area contributed by atoms with E-state index >= 15 is 0 Å². The Labute approximate surface area is 150 Å². The van der Waals surface area contributed by atoms with E-state index in [-0.39, 0.29) is 5.69 Å². The van der Waals surface area contributed by atoms with Crippen molar-refractivity contribution in [3.05, 3.63) is 71.9 Å². The number of nitrogens with one attached hydrogen (secondary N) is 2. The summed E-state index contributed by atoms with van der Waals surface area (Å²) in [5.74, 6) is -1.35. The Bertz CT molecular complexity index is 1080. The number of imidazole rings is 1. The first-order valence-electron chi connectivity index (χ1n) is 7.64. The van der Waals surface area contributed by atoms with Crippen molar-refractivity contribution in [1.29, 1.82) is 0 Å². The largest absolute Gasteiger partial charge is 0.323 e. The van der Waals surface area contributed by atoms with Crippen LogP contribution in [0.5, 0.6) is 0 Å². The lowest BCUT2D eigenvalue weighted by Gasteiger charge is -2.09. The average molecular weight is 370 g/mol. The Hall–Kier alpha value is -3.26. The lowest BCUT2D eigenvalue weighted by Crippen LogP contribution is -2.20. The molecular weight excluding hydrogens is 358 g/mol. The predicted molar refractivity (Wildman–Crippen MR) is 97.5 cm³/mol. The summed E-state index contributed by atoms with van der Waals surface area (Å²) in [6.07, 6.45) is 3.81. The molecule has 2 heterocycles. The fraction of sp³-hybridized carbons (Fsp3) is 0. The van der Waals surface area contributed by atoms with Gasteiger partial charge in [0.05, 0.1) is 11.4 Å². The van der Waals surface area contributed by atoms with E-state index < -0.39 is 17.7 Å². The molecule has 0 spiro atoms. The van der Waals surface area contributed by atoms with Crippen molar-refractivity contribution in [2.24, 2.45) is 0 Å². The number of thiazole rings is 1. The number of urea groups is 1. The van der Waals surface area contributed by atoms with Gasteiger partial charge >= 0.3 is 6.03 Å². The SMILES string of the molecule is O=C(Nc1cccc(-c2cn3ccsc3n2)c1)Nc1cc(F)ccc1F. The molecule has 0 bridgehead atoms. The molecule has 0 aliphatic rings. The third kappa shape index (κ3) is 3.27. The lowest BCUT2D eigenvalue weighted by atomic mass is 10.1. The van der Waals surface area contributed by atoms with Gasteiger partial charge in [-0.3, -0.25) is 4.40 Å². The molecule has 4 aromatic rings. The van der Waals surface area contributed by atoms with E-state index in [2.05, 4.69) is 15.6 Å². The fourth-order valence-corrected chi connectivity index (χ4v) is 3.20. The molecule has 8 heteroatoms. The van der Waals surface area contributed by atoms with Gasteiger partial charge in [0.1, 0.15) is 11.6 Å². The molecule has 0 atom stereocenters. The third-order valence-electron chi connectivity index (χ3n) is 3.69. The van der Waals surface area contributed by atoms with E-state index in [1.54, 1.807) is 18.2 Å². The number of carbonyl (C=O) groups excluding carboxylic acids is 1. The van der Waals surface area contributed by atoms with Crippen LogP contribution in [0.15, 0.2) is 60.2 Å². The molecule has 5 nitrogen and oxygen atoms in total. The van der Waals surface area contributed by atoms with E-state index in [1.165, 1.54) is 11.3 Å². The molecule has 0 saturated carbocycles. The summed E-state index contributed by atoms with van der Waals surface area (Å²) < 4.78 is 28.7. The standard InChI is InChI=1S/C18H12F2N4OS/c19-12-4-5-14(20)15(9-12)22-17(25)21-13-3-1-2-11(8-13)16-10-24-6-7-26-18(24)23-16/h1-10H,(H2,21,22,25). The molecular formula is C18H12F2N4OS. The topological polar surface area (TPSA) is 58.4 Å². The van der Waals surface area contributed by atoms with E-state index in [0.717, 1.165) is 34.4 Å². The van der Waals surface area contributed by atoms with Crippen LogP contribution in [0.2, 0.25) is 0 Å². The van der Waals surface area contributed by atoms with Crippen LogP contribution in [0, 0.1) is 11.6 Å². The number of rotatable bonds is 3. The van der Waals surface area contributed by atoms with Gasteiger partial charge in [-0.1, -0.05) is 12.1 Å². The van der Waals surface area contributed by atoms with Crippen LogP contribution in [-0.2, 0) is 0 Å². The number of hydrogen-bond acceptors (Lipinski definition) is 3. The number of carbonyl (C=O) groups is 1. The number of benzene rings is 2. The second-order valence-corrected chi connectivity index (χ2v) is 6.38. The zero-order valence-corrected chi connectivity index (χ0v) is 14.1. The molecule has 0 saturated heterocycles. The summed E-state index contributed by atoms with van der Waals surface area (Å²) in [6, 6.07) is 9.30. The Kier molecular flexibility index (Phi) is 4.10. The molecule has 26 heavy (non-hydrogen) atoms. The maximum Gasteiger partial charge on any atom is 0.323 e. The van der Waals surface area contributed by atoms with Crippen LogP contribution in [-0.4, -0.2) is 15.4 Å². The smallest absolute Gasteiger partial charge is 0.308 e. The number of aromatic nitrogens is 2. The lowest BCUT2D eigenvalue weighted by molar-refractivity contribution is 0.262. The first-order chi connectivity index (χ1) is 12.6. The second kappa shape index (κ2) is 6.57. The van der Waals surface area contributed by atoms with E-state index in [0.29, 0.717) is 5.69 Å².